The van der Waals surface area contributed by atoms with Crippen molar-refractivity contribution in [2.75, 3.05) is 7.11 Å². The molecular weight excluding hydrogens is 270 g/mol. The molecule has 1 aliphatic carbocycles. The fourth-order valence-electron chi connectivity index (χ4n) is 2.63. The molecule has 2 rings (SSSR count). The van der Waals surface area contributed by atoms with E-state index in [1.165, 1.54) is 6.08 Å². The minimum atomic E-state index is -0.841. The highest BCUT2D eigenvalue weighted by molar-refractivity contribution is 5.92. The van der Waals surface area contributed by atoms with Crippen molar-refractivity contribution in [1.82, 2.24) is 5.32 Å². The number of amides is 1. The van der Waals surface area contributed by atoms with E-state index < -0.39 is 11.9 Å². The predicted octanol–water partition coefficient (Wildman–Crippen LogP) is 2.08. The Kier molecular flexibility index (Phi) is 4.98. The minimum Gasteiger partial charge on any atom is -0.496 e. The summed E-state index contributed by atoms with van der Waals surface area (Å²) in [5.41, 5.74) is 0.802. The Bertz CT molecular complexity index is 553. The zero-order valence-corrected chi connectivity index (χ0v) is 11.9. The molecule has 1 aliphatic rings. The van der Waals surface area contributed by atoms with Gasteiger partial charge in [0.1, 0.15) is 5.75 Å². The summed E-state index contributed by atoms with van der Waals surface area (Å²) in [5.74, 6) is -0.912. The lowest BCUT2D eigenvalue weighted by Gasteiger charge is -2.16. The molecule has 1 aromatic rings. The van der Waals surface area contributed by atoms with Gasteiger partial charge in [0.15, 0.2) is 0 Å². The number of benzene rings is 1. The first-order chi connectivity index (χ1) is 10.1. The monoisotopic (exact) mass is 289 g/mol. The van der Waals surface area contributed by atoms with Crippen molar-refractivity contribution in [2.24, 2.45) is 5.92 Å². The lowest BCUT2D eigenvalue weighted by molar-refractivity contribution is -0.142. The number of rotatable bonds is 5. The Balaban J connectivity index is 1.98. The van der Waals surface area contributed by atoms with Gasteiger partial charge in [-0.15, -0.1) is 0 Å². The Hall–Kier alpha value is -2.30. The van der Waals surface area contributed by atoms with Crippen molar-refractivity contribution in [3.8, 4) is 5.75 Å². The van der Waals surface area contributed by atoms with E-state index in [0.717, 1.165) is 12.0 Å². The van der Waals surface area contributed by atoms with Crippen molar-refractivity contribution in [3.63, 3.8) is 0 Å². The summed E-state index contributed by atoms with van der Waals surface area (Å²) in [6.07, 6.45) is 5.24. The fourth-order valence-corrected chi connectivity index (χ4v) is 2.63. The highest BCUT2D eigenvalue weighted by Crippen LogP contribution is 2.26. The number of carbonyl (C=O) groups is 2. The molecule has 1 fully saturated rings. The second kappa shape index (κ2) is 6.92. The molecule has 1 aromatic carbocycles. The molecule has 5 nitrogen and oxygen atoms in total. The van der Waals surface area contributed by atoms with Crippen molar-refractivity contribution in [1.29, 1.82) is 0 Å². The first kappa shape index (κ1) is 15.1. The third-order valence-electron chi connectivity index (χ3n) is 3.71. The number of para-hydroxylation sites is 1. The maximum absolute atomic E-state index is 11.9. The van der Waals surface area contributed by atoms with Gasteiger partial charge in [0.2, 0.25) is 5.91 Å². The SMILES string of the molecule is COc1ccccc1C=CC(=O)NC1CCCC1C(=O)O. The molecule has 0 aromatic heterocycles. The molecule has 0 aliphatic heterocycles. The van der Waals surface area contributed by atoms with E-state index in [9.17, 15) is 9.59 Å². The van der Waals surface area contributed by atoms with Crippen LogP contribution in [-0.4, -0.2) is 30.1 Å². The molecule has 21 heavy (non-hydrogen) atoms. The summed E-state index contributed by atoms with van der Waals surface area (Å²) < 4.78 is 5.20. The van der Waals surface area contributed by atoms with E-state index >= 15 is 0 Å². The van der Waals surface area contributed by atoms with E-state index in [-0.39, 0.29) is 11.9 Å². The van der Waals surface area contributed by atoms with Gasteiger partial charge >= 0.3 is 5.97 Å². The van der Waals surface area contributed by atoms with Gasteiger partial charge in [-0.25, -0.2) is 0 Å². The first-order valence-corrected chi connectivity index (χ1v) is 6.96. The van der Waals surface area contributed by atoms with Gasteiger partial charge in [0.05, 0.1) is 13.0 Å². The Morgan fingerprint density at radius 2 is 2.10 bits per heavy atom. The smallest absolute Gasteiger partial charge is 0.308 e. The summed E-state index contributed by atoms with van der Waals surface area (Å²) in [7, 11) is 1.57. The summed E-state index contributed by atoms with van der Waals surface area (Å²) >= 11 is 0. The molecule has 112 valence electrons. The third-order valence-corrected chi connectivity index (χ3v) is 3.71. The summed E-state index contributed by atoms with van der Waals surface area (Å²) in [6.45, 7) is 0. The fraction of sp³-hybridized carbons (Fsp3) is 0.375. The molecule has 1 amide bonds. The van der Waals surface area contributed by atoms with E-state index in [1.807, 2.05) is 24.3 Å². The number of hydrogen-bond donors (Lipinski definition) is 2. The van der Waals surface area contributed by atoms with Crippen LogP contribution in [0.4, 0.5) is 0 Å². The van der Waals surface area contributed by atoms with Crippen LogP contribution in [0.2, 0.25) is 0 Å². The van der Waals surface area contributed by atoms with Crippen LogP contribution in [-0.2, 0) is 9.59 Å². The summed E-state index contributed by atoms with van der Waals surface area (Å²) in [6, 6.07) is 7.09. The van der Waals surface area contributed by atoms with Gasteiger partial charge < -0.3 is 15.2 Å². The van der Waals surface area contributed by atoms with Crippen LogP contribution in [0.15, 0.2) is 30.3 Å². The second-order valence-corrected chi connectivity index (χ2v) is 5.07. The minimum absolute atomic E-state index is 0.279. The average molecular weight is 289 g/mol. The molecule has 0 radical (unpaired) electrons. The van der Waals surface area contributed by atoms with Crippen LogP contribution >= 0.6 is 0 Å². The molecule has 5 heteroatoms. The van der Waals surface area contributed by atoms with E-state index in [0.29, 0.717) is 18.6 Å². The molecule has 2 unspecified atom stereocenters. The number of carbonyl (C=O) groups excluding carboxylic acids is 1. The highest BCUT2D eigenvalue weighted by Gasteiger charge is 2.33. The van der Waals surface area contributed by atoms with Crippen molar-refractivity contribution >= 4 is 18.0 Å². The lowest BCUT2D eigenvalue weighted by atomic mass is 10.0. The molecule has 0 spiro atoms. The van der Waals surface area contributed by atoms with Gasteiger partial charge in [-0.3, -0.25) is 9.59 Å². The van der Waals surface area contributed by atoms with Crippen molar-refractivity contribution in [2.45, 2.75) is 25.3 Å². The molecule has 0 heterocycles. The standard InChI is InChI=1S/C16H19NO4/c1-21-14-8-3-2-5-11(14)9-10-15(18)17-13-7-4-6-12(13)16(19)20/h2-3,5,8-10,12-13H,4,6-7H2,1H3,(H,17,18)(H,19,20). The van der Waals surface area contributed by atoms with Crippen molar-refractivity contribution < 1.29 is 19.4 Å². The summed E-state index contributed by atoms with van der Waals surface area (Å²) in [5, 5.41) is 11.9. The molecule has 0 bridgehead atoms. The first-order valence-electron chi connectivity index (χ1n) is 6.96. The van der Waals surface area contributed by atoms with Gasteiger partial charge in [-0.05, 0) is 25.0 Å². The Morgan fingerprint density at radius 1 is 1.33 bits per heavy atom. The van der Waals surface area contributed by atoms with E-state index in [2.05, 4.69) is 5.32 Å². The van der Waals surface area contributed by atoms with E-state index in [4.69, 9.17) is 9.84 Å². The maximum Gasteiger partial charge on any atom is 0.308 e. The number of carboxylic acids is 1. The quantitative estimate of drug-likeness (QED) is 0.814. The Morgan fingerprint density at radius 3 is 2.81 bits per heavy atom. The van der Waals surface area contributed by atoms with Gasteiger partial charge in [-0.2, -0.15) is 0 Å². The lowest BCUT2D eigenvalue weighted by Crippen LogP contribution is -2.39. The largest absolute Gasteiger partial charge is 0.496 e. The zero-order valence-electron chi connectivity index (χ0n) is 11.9. The third kappa shape index (κ3) is 3.84. The normalized spacial score (nSPS) is 21.4. The second-order valence-electron chi connectivity index (χ2n) is 5.07. The number of aliphatic carboxylic acids is 1. The van der Waals surface area contributed by atoms with Gasteiger partial charge in [-0.1, -0.05) is 24.6 Å². The number of ether oxygens (including phenoxy) is 1. The molecule has 2 N–H and O–H groups in total. The predicted molar refractivity (Wildman–Crippen MR) is 78.9 cm³/mol. The number of hydrogen-bond acceptors (Lipinski definition) is 3. The van der Waals surface area contributed by atoms with Crippen LogP contribution in [0.1, 0.15) is 24.8 Å². The Labute approximate surface area is 123 Å². The van der Waals surface area contributed by atoms with Crippen LogP contribution in [0.3, 0.4) is 0 Å². The summed E-state index contributed by atoms with van der Waals surface area (Å²) in [4.78, 5) is 23.0. The van der Waals surface area contributed by atoms with Gasteiger partial charge in [0, 0.05) is 17.7 Å². The van der Waals surface area contributed by atoms with Crippen molar-refractivity contribution in [3.05, 3.63) is 35.9 Å². The van der Waals surface area contributed by atoms with Crippen LogP contribution < -0.4 is 10.1 Å². The number of methoxy groups -OCH3 is 1. The van der Waals surface area contributed by atoms with Crippen LogP contribution in [0.25, 0.3) is 6.08 Å². The molecule has 1 saturated carbocycles. The molecule has 0 saturated heterocycles. The van der Waals surface area contributed by atoms with Gasteiger partial charge in [0.25, 0.3) is 0 Å². The van der Waals surface area contributed by atoms with E-state index in [1.54, 1.807) is 13.2 Å². The average Bonchev–Trinajstić information content (AvgIpc) is 2.93. The topological polar surface area (TPSA) is 75.6 Å². The number of nitrogens with one attached hydrogen (secondary N) is 1. The maximum atomic E-state index is 11.9. The number of carboxylic acid groups (broad SMARTS) is 1. The molecular formula is C16H19NO4. The highest BCUT2D eigenvalue weighted by atomic mass is 16.5. The zero-order chi connectivity index (χ0) is 15.2. The van der Waals surface area contributed by atoms with Crippen LogP contribution in [0.5, 0.6) is 5.75 Å². The van der Waals surface area contributed by atoms with Crippen LogP contribution in [0, 0.1) is 5.92 Å². The molecule has 2 atom stereocenters.